The third kappa shape index (κ3) is 1.34. The molecular formula is C18H22O2. The monoisotopic (exact) mass is 270 g/mol. The van der Waals surface area contributed by atoms with Crippen LogP contribution in [0.2, 0.25) is 0 Å². The fourth-order valence-corrected chi connectivity index (χ4v) is 5.88. The minimum Gasteiger partial charge on any atom is -0.508 e. The topological polar surface area (TPSA) is 32.8 Å². The lowest BCUT2D eigenvalue weighted by molar-refractivity contribution is -0.0202. The van der Waals surface area contributed by atoms with Crippen molar-refractivity contribution < 1.29 is 9.84 Å². The largest absolute Gasteiger partial charge is 0.508 e. The van der Waals surface area contributed by atoms with E-state index in [1.165, 1.54) is 31.3 Å². The van der Waals surface area contributed by atoms with E-state index in [9.17, 15) is 5.11 Å². The predicted octanol–water partition coefficient (Wildman–Crippen LogP) is 3.76. The summed E-state index contributed by atoms with van der Waals surface area (Å²) >= 11 is 0. The Bertz CT molecular complexity index is 558. The van der Waals surface area contributed by atoms with Crippen molar-refractivity contribution in [2.45, 2.75) is 44.8 Å². The highest BCUT2D eigenvalue weighted by atomic mass is 16.6. The van der Waals surface area contributed by atoms with E-state index in [0.29, 0.717) is 29.3 Å². The molecule has 2 heteroatoms. The highest BCUT2D eigenvalue weighted by Crippen LogP contribution is 2.66. The van der Waals surface area contributed by atoms with E-state index in [1.54, 1.807) is 0 Å². The van der Waals surface area contributed by atoms with Crippen LogP contribution in [0.5, 0.6) is 0 Å². The van der Waals surface area contributed by atoms with Crippen molar-refractivity contribution in [2.24, 2.45) is 29.1 Å². The lowest BCUT2D eigenvalue weighted by Crippen LogP contribution is -2.45. The number of aliphatic hydroxyl groups is 1. The van der Waals surface area contributed by atoms with Crippen LogP contribution in [0.15, 0.2) is 35.6 Å². The van der Waals surface area contributed by atoms with Crippen LogP contribution < -0.4 is 0 Å². The first-order chi connectivity index (χ1) is 9.67. The highest BCUT2D eigenvalue weighted by molar-refractivity contribution is 5.39. The number of ether oxygens (including phenoxy) is 1. The Hall–Kier alpha value is -1.02. The molecule has 20 heavy (non-hydrogen) atoms. The molecule has 0 amide bonds. The molecule has 1 saturated heterocycles. The van der Waals surface area contributed by atoms with Gasteiger partial charge in [0.25, 0.3) is 0 Å². The summed E-state index contributed by atoms with van der Waals surface area (Å²) in [7, 11) is 0. The summed E-state index contributed by atoms with van der Waals surface area (Å²) < 4.78 is 5.85. The molecule has 4 aliphatic carbocycles. The van der Waals surface area contributed by atoms with Crippen LogP contribution >= 0.6 is 0 Å². The Morgan fingerprint density at radius 2 is 2.25 bits per heavy atom. The van der Waals surface area contributed by atoms with Gasteiger partial charge in [0.05, 0.1) is 12.2 Å². The van der Waals surface area contributed by atoms with Crippen molar-refractivity contribution in [3.63, 3.8) is 0 Å². The lowest BCUT2D eigenvalue weighted by Gasteiger charge is -2.51. The van der Waals surface area contributed by atoms with Crippen LogP contribution in [-0.2, 0) is 4.74 Å². The first-order valence-electron chi connectivity index (χ1n) is 8.11. The van der Waals surface area contributed by atoms with E-state index in [-0.39, 0.29) is 0 Å². The fourth-order valence-electron chi connectivity index (χ4n) is 5.88. The molecule has 0 bridgehead atoms. The Labute approximate surface area is 120 Å². The third-order valence-electron chi connectivity index (χ3n) is 6.91. The van der Waals surface area contributed by atoms with Crippen LogP contribution in [0.1, 0.15) is 32.6 Å². The first kappa shape index (κ1) is 11.6. The standard InChI is InChI=1S/C18H22O2/c1-18-7-6-13-12-5-3-11(19)8-10(12)2-4-14(13)15(18)9-16-17(18)20-16/h2-3,5,8,12-17,19H,4,6-7,9H2,1H3/t12-,13+,14+,15-,16+,17+,18-/m0/s1. The van der Waals surface area contributed by atoms with Crippen LogP contribution in [0.25, 0.3) is 0 Å². The van der Waals surface area contributed by atoms with Crippen molar-refractivity contribution in [1.82, 2.24) is 0 Å². The summed E-state index contributed by atoms with van der Waals surface area (Å²) in [4.78, 5) is 0. The Balaban J connectivity index is 1.51. The normalized spacial score (nSPS) is 55.0. The molecule has 0 aromatic carbocycles. The summed E-state index contributed by atoms with van der Waals surface area (Å²) in [5, 5.41) is 9.69. The van der Waals surface area contributed by atoms with Crippen molar-refractivity contribution in [3.05, 3.63) is 35.6 Å². The van der Waals surface area contributed by atoms with E-state index < -0.39 is 0 Å². The van der Waals surface area contributed by atoms with Crippen molar-refractivity contribution in [3.8, 4) is 0 Å². The number of allylic oxidation sites excluding steroid dienone is 5. The maximum Gasteiger partial charge on any atom is 0.115 e. The number of hydrogen-bond donors (Lipinski definition) is 1. The summed E-state index contributed by atoms with van der Waals surface area (Å²) in [6.07, 6.45) is 14.8. The Kier molecular flexibility index (Phi) is 2.09. The zero-order chi connectivity index (χ0) is 13.5. The molecule has 1 aliphatic heterocycles. The maximum absolute atomic E-state index is 9.69. The minimum absolute atomic E-state index is 0.419. The number of epoxide rings is 1. The number of hydrogen-bond acceptors (Lipinski definition) is 2. The maximum atomic E-state index is 9.69. The molecule has 1 heterocycles. The third-order valence-corrected chi connectivity index (χ3v) is 6.91. The molecule has 0 unspecified atom stereocenters. The van der Waals surface area contributed by atoms with E-state index >= 15 is 0 Å². The van der Waals surface area contributed by atoms with E-state index in [2.05, 4.69) is 19.1 Å². The van der Waals surface area contributed by atoms with Gasteiger partial charge in [-0.1, -0.05) is 19.1 Å². The summed E-state index contributed by atoms with van der Waals surface area (Å²) in [6, 6.07) is 0. The van der Waals surface area contributed by atoms with Gasteiger partial charge < -0.3 is 9.84 Å². The molecule has 106 valence electrons. The van der Waals surface area contributed by atoms with Crippen molar-refractivity contribution in [1.29, 1.82) is 0 Å². The molecule has 1 N–H and O–H groups in total. The van der Waals surface area contributed by atoms with Gasteiger partial charge in [-0.15, -0.1) is 0 Å². The molecule has 2 saturated carbocycles. The summed E-state index contributed by atoms with van der Waals surface area (Å²) in [5.41, 5.74) is 1.81. The van der Waals surface area contributed by atoms with E-state index in [4.69, 9.17) is 4.74 Å². The van der Waals surface area contributed by atoms with Crippen LogP contribution in [0, 0.1) is 29.1 Å². The zero-order valence-corrected chi connectivity index (χ0v) is 12.0. The highest BCUT2D eigenvalue weighted by Gasteiger charge is 2.66. The van der Waals surface area contributed by atoms with Crippen molar-refractivity contribution >= 4 is 0 Å². The summed E-state index contributed by atoms with van der Waals surface area (Å²) in [5.74, 6) is 3.44. The minimum atomic E-state index is 0.419. The lowest BCUT2D eigenvalue weighted by atomic mass is 9.54. The van der Waals surface area contributed by atoms with Crippen LogP contribution in [0.3, 0.4) is 0 Å². The molecule has 2 nitrogen and oxygen atoms in total. The molecule has 3 fully saturated rings. The van der Waals surface area contributed by atoms with Gasteiger partial charge in [-0.2, -0.15) is 0 Å². The van der Waals surface area contributed by atoms with Gasteiger partial charge in [-0.05, 0) is 66.6 Å². The molecule has 7 atom stereocenters. The van der Waals surface area contributed by atoms with Gasteiger partial charge in [-0.25, -0.2) is 0 Å². The fraction of sp³-hybridized carbons (Fsp3) is 0.667. The predicted molar refractivity (Wildman–Crippen MR) is 77.1 cm³/mol. The molecule has 0 radical (unpaired) electrons. The van der Waals surface area contributed by atoms with E-state index in [0.717, 1.165) is 17.8 Å². The average Bonchev–Trinajstić information content (AvgIpc) is 3.16. The quantitative estimate of drug-likeness (QED) is 0.680. The second-order valence-corrected chi connectivity index (χ2v) is 7.70. The van der Waals surface area contributed by atoms with Gasteiger partial charge in [0.1, 0.15) is 5.76 Å². The molecule has 0 spiro atoms. The Morgan fingerprint density at radius 3 is 3.15 bits per heavy atom. The van der Waals surface area contributed by atoms with E-state index in [1.807, 2.05) is 12.2 Å². The second-order valence-electron chi connectivity index (χ2n) is 7.70. The average molecular weight is 270 g/mol. The van der Waals surface area contributed by atoms with Crippen LogP contribution in [0.4, 0.5) is 0 Å². The van der Waals surface area contributed by atoms with Gasteiger partial charge in [0.2, 0.25) is 0 Å². The molecule has 0 aromatic heterocycles. The van der Waals surface area contributed by atoms with Gasteiger partial charge in [0, 0.05) is 5.92 Å². The summed E-state index contributed by atoms with van der Waals surface area (Å²) in [6.45, 7) is 2.48. The molecule has 0 aromatic rings. The smallest absolute Gasteiger partial charge is 0.115 e. The SMILES string of the molecule is C[C@]12CC[C@H]3[C@@H](CC=C4C=C(O)C=C[C@@H]43)[C@@H]1C[C@H]1O[C@H]12. The number of rotatable bonds is 0. The van der Waals surface area contributed by atoms with Gasteiger partial charge in [-0.3, -0.25) is 0 Å². The van der Waals surface area contributed by atoms with Gasteiger partial charge >= 0.3 is 0 Å². The molecular weight excluding hydrogens is 248 g/mol. The van der Waals surface area contributed by atoms with Crippen LogP contribution in [-0.4, -0.2) is 17.3 Å². The second kappa shape index (κ2) is 3.59. The molecule has 5 aliphatic rings. The number of fused-ring (bicyclic) bond motifs is 7. The van der Waals surface area contributed by atoms with Gasteiger partial charge in [0.15, 0.2) is 0 Å². The Morgan fingerprint density at radius 1 is 1.35 bits per heavy atom. The first-order valence-corrected chi connectivity index (χ1v) is 8.11. The zero-order valence-electron chi connectivity index (χ0n) is 12.0. The van der Waals surface area contributed by atoms with Crippen molar-refractivity contribution in [2.75, 3.05) is 0 Å². The molecule has 5 rings (SSSR count). The number of aliphatic hydroxyl groups excluding tert-OH is 1.